The number of aromatic nitrogens is 3. The normalized spacial score (nSPS) is 15.5. The van der Waals surface area contributed by atoms with Gasteiger partial charge in [-0.05, 0) is 52.8 Å². The summed E-state index contributed by atoms with van der Waals surface area (Å²) in [5.74, 6) is -0.327. The molecule has 2 amide bonds. The van der Waals surface area contributed by atoms with E-state index in [4.69, 9.17) is 15.7 Å². The second kappa shape index (κ2) is 9.46. The first-order valence-electron chi connectivity index (χ1n) is 10.7. The van der Waals surface area contributed by atoms with Crippen molar-refractivity contribution in [2.75, 3.05) is 32.0 Å². The Bertz CT molecular complexity index is 1060. The minimum Gasteiger partial charge on any atom is -0.444 e. The zero-order chi connectivity index (χ0) is 24.2. The van der Waals surface area contributed by atoms with Crippen molar-refractivity contribution in [1.29, 1.82) is 5.26 Å². The number of likely N-dealkylation sites (N-methyl/N-ethyl adjacent to an activating group) is 1. The van der Waals surface area contributed by atoms with Crippen molar-refractivity contribution in [3.63, 3.8) is 0 Å². The first-order valence-corrected chi connectivity index (χ1v) is 10.7. The smallest absolute Gasteiger partial charge is 0.410 e. The maximum Gasteiger partial charge on any atom is 0.410 e. The fourth-order valence-corrected chi connectivity index (χ4v) is 3.84. The van der Waals surface area contributed by atoms with Gasteiger partial charge in [-0.2, -0.15) is 10.4 Å². The minimum absolute atomic E-state index is 0.232. The Labute approximate surface area is 192 Å². The van der Waals surface area contributed by atoms with Crippen LogP contribution < -0.4 is 16.4 Å². The first kappa shape index (κ1) is 24.0. The van der Waals surface area contributed by atoms with Gasteiger partial charge in [0.15, 0.2) is 5.82 Å². The van der Waals surface area contributed by atoms with E-state index in [1.54, 1.807) is 27.9 Å². The summed E-state index contributed by atoms with van der Waals surface area (Å²) in [5.41, 5.74) is 5.63. The van der Waals surface area contributed by atoms with Gasteiger partial charge >= 0.3 is 6.09 Å². The largest absolute Gasteiger partial charge is 0.444 e. The fraction of sp³-hybridized carbons (Fsp3) is 0.500. The molecule has 1 aliphatic rings. The third-order valence-corrected chi connectivity index (χ3v) is 5.45. The zero-order valence-corrected chi connectivity index (χ0v) is 19.4. The number of nitrogens with two attached hydrogens (primary N) is 1. The van der Waals surface area contributed by atoms with Gasteiger partial charge in [-0.1, -0.05) is 0 Å². The summed E-state index contributed by atoms with van der Waals surface area (Å²) in [6, 6.07) is 5.21. The highest BCUT2D eigenvalue weighted by atomic mass is 16.6. The number of piperidine rings is 1. The van der Waals surface area contributed by atoms with Crippen molar-refractivity contribution in [1.82, 2.24) is 25.0 Å². The van der Waals surface area contributed by atoms with E-state index in [-0.39, 0.29) is 17.4 Å². The molecule has 33 heavy (non-hydrogen) atoms. The second-order valence-electron chi connectivity index (χ2n) is 9.09. The highest BCUT2D eigenvalue weighted by molar-refractivity contribution is 5.98. The van der Waals surface area contributed by atoms with Crippen molar-refractivity contribution in [2.24, 2.45) is 5.73 Å². The maximum absolute atomic E-state index is 12.5. The second-order valence-corrected chi connectivity index (χ2v) is 9.09. The first-order chi connectivity index (χ1) is 15.6. The lowest BCUT2D eigenvalue weighted by molar-refractivity contribution is 0.0103. The van der Waals surface area contributed by atoms with Gasteiger partial charge in [-0.3, -0.25) is 9.48 Å². The molecule has 1 aliphatic heterocycles. The van der Waals surface area contributed by atoms with Crippen molar-refractivity contribution < 1.29 is 14.3 Å². The molecule has 2 aromatic heterocycles. The highest BCUT2D eigenvalue weighted by Crippen LogP contribution is 2.32. The molecule has 3 heterocycles. The monoisotopic (exact) mass is 454 g/mol. The lowest BCUT2D eigenvalue weighted by atomic mass is 9.87. The summed E-state index contributed by atoms with van der Waals surface area (Å²) in [4.78, 5) is 30.3. The van der Waals surface area contributed by atoms with E-state index < -0.39 is 17.0 Å². The van der Waals surface area contributed by atoms with Crippen LogP contribution in [0.2, 0.25) is 0 Å². The number of pyridine rings is 1. The number of carbonyl (C=O) groups is 2. The Morgan fingerprint density at radius 2 is 2.03 bits per heavy atom. The van der Waals surface area contributed by atoms with E-state index in [2.05, 4.69) is 20.7 Å². The Balaban J connectivity index is 1.86. The average Bonchev–Trinajstić information content (AvgIpc) is 3.18. The number of nitrogens with one attached hydrogen (secondary N) is 2. The Morgan fingerprint density at radius 3 is 2.61 bits per heavy atom. The molecule has 4 N–H and O–H groups in total. The van der Waals surface area contributed by atoms with Crippen LogP contribution in [0.15, 0.2) is 24.5 Å². The van der Waals surface area contributed by atoms with Crippen LogP contribution in [0.3, 0.4) is 0 Å². The predicted octanol–water partition coefficient (Wildman–Crippen LogP) is 1.94. The summed E-state index contributed by atoms with van der Waals surface area (Å²) in [6.07, 6.45) is 4.02. The molecule has 3 rings (SSSR count). The molecule has 1 saturated heterocycles. The van der Waals surface area contributed by atoms with Crippen LogP contribution in [0.25, 0.3) is 0 Å². The van der Waals surface area contributed by atoms with Crippen LogP contribution >= 0.6 is 0 Å². The SMILES string of the molecule is CNCC1(n2cc(C(N)=O)c(Nc3ccnc(C#N)c3)n2)CCN(C(=O)OC(C)(C)C)CC1. The number of rotatable bonds is 6. The van der Waals surface area contributed by atoms with Gasteiger partial charge in [0.1, 0.15) is 22.9 Å². The number of likely N-dealkylation sites (tertiary alicyclic amines) is 1. The van der Waals surface area contributed by atoms with Gasteiger partial charge in [-0.25, -0.2) is 9.78 Å². The lowest BCUT2D eigenvalue weighted by Gasteiger charge is -2.42. The molecule has 11 nitrogen and oxygen atoms in total. The molecule has 0 bridgehead atoms. The molecule has 1 fully saturated rings. The third kappa shape index (κ3) is 5.59. The molecular formula is C22H30N8O3. The number of hydrogen-bond donors (Lipinski definition) is 3. The van der Waals surface area contributed by atoms with Crippen LogP contribution in [-0.4, -0.2) is 63.9 Å². The van der Waals surface area contributed by atoms with E-state index in [1.807, 2.05) is 33.9 Å². The average molecular weight is 455 g/mol. The quantitative estimate of drug-likeness (QED) is 0.599. The Kier molecular flexibility index (Phi) is 6.88. The molecule has 0 saturated carbocycles. The van der Waals surface area contributed by atoms with E-state index in [0.717, 1.165) is 0 Å². The van der Waals surface area contributed by atoms with Gasteiger partial charge in [0.25, 0.3) is 5.91 Å². The van der Waals surface area contributed by atoms with Crippen LogP contribution in [-0.2, 0) is 10.3 Å². The molecule has 0 spiro atoms. The van der Waals surface area contributed by atoms with Crippen LogP contribution in [0.4, 0.5) is 16.3 Å². The van der Waals surface area contributed by atoms with E-state index in [0.29, 0.717) is 44.0 Å². The fourth-order valence-electron chi connectivity index (χ4n) is 3.84. The summed E-state index contributed by atoms with van der Waals surface area (Å²) in [5, 5.41) is 20.0. The van der Waals surface area contributed by atoms with Gasteiger partial charge in [0, 0.05) is 37.7 Å². The number of anilines is 2. The van der Waals surface area contributed by atoms with E-state index in [9.17, 15) is 9.59 Å². The summed E-state index contributed by atoms with van der Waals surface area (Å²) < 4.78 is 7.26. The van der Waals surface area contributed by atoms with Crippen molar-refractivity contribution in [2.45, 2.75) is 44.8 Å². The Morgan fingerprint density at radius 1 is 1.33 bits per heavy atom. The predicted molar refractivity (Wildman–Crippen MR) is 122 cm³/mol. The molecular weight excluding hydrogens is 424 g/mol. The van der Waals surface area contributed by atoms with Crippen molar-refractivity contribution >= 4 is 23.5 Å². The number of amides is 2. The zero-order valence-electron chi connectivity index (χ0n) is 19.4. The topological polar surface area (TPSA) is 151 Å². The molecule has 0 atom stereocenters. The molecule has 11 heteroatoms. The molecule has 0 aliphatic carbocycles. The van der Waals surface area contributed by atoms with Crippen LogP contribution in [0, 0.1) is 11.3 Å². The number of nitrogens with zero attached hydrogens (tertiary/aromatic N) is 5. The van der Waals surface area contributed by atoms with Gasteiger partial charge in [-0.15, -0.1) is 0 Å². The van der Waals surface area contributed by atoms with Gasteiger partial charge < -0.3 is 26.0 Å². The molecule has 0 radical (unpaired) electrons. The standard InChI is InChI=1S/C22H30N8O3/c1-21(2,3)33-20(32)29-9-6-22(7-10-29,14-25-4)30-13-17(18(24)31)19(28-30)27-15-5-8-26-16(11-15)12-23/h5,8,11,13,25H,6-7,9-10,14H2,1-4H3,(H2,24,31)(H,26,27,28). The Hall–Kier alpha value is -3.65. The maximum atomic E-state index is 12.5. The number of primary amides is 1. The number of carbonyl (C=O) groups excluding carboxylic acids is 2. The molecule has 0 aromatic carbocycles. The molecule has 176 valence electrons. The van der Waals surface area contributed by atoms with Crippen LogP contribution in [0.5, 0.6) is 0 Å². The van der Waals surface area contributed by atoms with Crippen molar-refractivity contribution in [3.05, 3.63) is 35.8 Å². The van der Waals surface area contributed by atoms with Crippen molar-refractivity contribution in [3.8, 4) is 6.07 Å². The minimum atomic E-state index is -0.621. The van der Waals surface area contributed by atoms with Gasteiger partial charge in [0.2, 0.25) is 0 Å². The summed E-state index contributed by atoms with van der Waals surface area (Å²) >= 11 is 0. The summed E-state index contributed by atoms with van der Waals surface area (Å²) in [6.45, 7) is 7.08. The van der Waals surface area contributed by atoms with Gasteiger partial charge in [0.05, 0.1) is 5.54 Å². The molecule has 0 unspecified atom stereocenters. The number of nitriles is 1. The number of ether oxygens (including phenoxy) is 1. The van der Waals surface area contributed by atoms with Crippen LogP contribution in [0.1, 0.15) is 49.7 Å². The van der Waals surface area contributed by atoms with E-state index >= 15 is 0 Å². The lowest BCUT2D eigenvalue weighted by Crippen LogP contribution is -2.53. The van der Waals surface area contributed by atoms with E-state index in [1.165, 1.54) is 6.20 Å². The third-order valence-electron chi connectivity index (χ3n) is 5.45. The summed E-state index contributed by atoms with van der Waals surface area (Å²) in [7, 11) is 1.85. The number of hydrogen-bond acceptors (Lipinski definition) is 8. The molecule has 2 aromatic rings. The highest BCUT2D eigenvalue weighted by Gasteiger charge is 2.39.